The summed E-state index contributed by atoms with van der Waals surface area (Å²) in [5.74, 6) is 0.962. The third-order valence-electron chi connectivity index (χ3n) is 4.10. The van der Waals surface area contributed by atoms with E-state index in [1.54, 1.807) is 0 Å². The average Bonchev–Trinajstić information content (AvgIpc) is 2.29. The van der Waals surface area contributed by atoms with Gasteiger partial charge in [0.1, 0.15) is 5.67 Å². The molecule has 90 valence electrons. The van der Waals surface area contributed by atoms with E-state index in [1.165, 1.54) is 19.3 Å². The monoisotopic (exact) mass is 215 g/mol. The van der Waals surface area contributed by atoms with Gasteiger partial charge in [-0.1, -0.05) is 39.5 Å². The van der Waals surface area contributed by atoms with Gasteiger partial charge in [0.05, 0.1) is 0 Å². The van der Waals surface area contributed by atoms with Gasteiger partial charge in [-0.2, -0.15) is 0 Å². The van der Waals surface area contributed by atoms with E-state index in [1.807, 2.05) is 6.92 Å². The molecule has 0 aromatic rings. The normalized spacial score (nSPS) is 31.2. The van der Waals surface area contributed by atoms with E-state index in [2.05, 4.69) is 6.92 Å². The van der Waals surface area contributed by atoms with Gasteiger partial charge in [0.2, 0.25) is 0 Å². The standard InChI is InChI=1S/C13H26FN/c1-3-8-13(14,10-15)12-7-5-6-11(4-2)9-12/h11-12H,3-10,15H2,1-2H3. The van der Waals surface area contributed by atoms with Crippen LogP contribution in [0.15, 0.2) is 0 Å². The van der Waals surface area contributed by atoms with Gasteiger partial charge in [-0.3, -0.25) is 0 Å². The van der Waals surface area contributed by atoms with Crippen molar-refractivity contribution in [1.29, 1.82) is 0 Å². The molecule has 0 aromatic carbocycles. The smallest absolute Gasteiger partial charge is 0.126 e. The quantitative estimate of drug-likeness (QED) is 0.744. The summed E-state index contributed by atoms with van der Waals surface area (Å²) < 4.78 is 14.6. The maximum atomic E-state index is 14.6. The summed E-state index contributed by atoms with van der Waals surface area (Å²) in [5.41, 5.74) is 4.56. The van der Waals surface area contributed by atoms with Crippen LogP contribution in [0.3, 0.4) is 0 Å². The fourth-order valence-electron chi connectivity index (χ4n) is 3.02. The van der Waals surface area contributed by atoms with Crippen LogP contribution in [0.5, 0.6) is 0 Å². The second kappa shape index (κ2) is 5.83. The molecule has 0 radical (unpaired) electrons. The average molecular weight is 215 g/mol. The van der Waals surface area contributed by atoms with Crippen molar-refractivity contribution in [2.24, 2.45) is 17.6 Å². The zero-order valence-electron chi connectivity index (χ0n) is 10.3. The molecule has 1 aliphatic rings. The van der Waals surface area contributed by atoms with Crippen LogP contribution in [-0.4, -0.2) is 12.2 Å². The molecule has 1 rings (SSSR count). The molecule has 1 nitrogen and oxygen atoms in total. The van der Waals surface area contributed by atoms with Gasteiger partial charge in [-0.05, 0) is 31.1 Å². The van der Waals surface area contributed by atoms with E-state index < -0.39 is 5.67 Å². The molecule has 1 aliphatic carbocycles. The Balaban J connectivity index is 2.58. The number of alkyl halides is 1. The minimum absolute atomic E-state index is 0.210. The molecule has 15 heavy (non-hydrogen) atoms. The zero-order valence-corrected chi connectivity index (χ0v) is 10.3. The van der Waals surface area contributed by atoms with Crippen LogP contribution < -0.4 is 5.73 Å². The third-order valence-corrected chi connectivity index (χ3v) is 4.10. The Morgan fingerprint density at radius 2 is 2.07 bits per heavy atom. The van der Waals surface area contributed by atoms with E-state index >= 15 is 0 Å². The minimum atomic E-state index is -1.08. The second-order valence-electron chi connectivity index (χ2n) is 5.13. The largest absolute Gasteiger partial charge is 0.328 e. The summed E-state index contributed by atoms with van der Waals surface area (Å²) in [4.78, 5) is 0. The molecule has 1 fully saturated rings. The number of hydrogen-bond acceptors (Lipinski definition) is 1. The highest BCUT2D eigenvalue weighted by Gasteiger charge is 2.39. The molecule has 0 bridgehead atoms. The van der Waals surface area contributed by atoms with E-state index in [0.29, 0.717) is 6.42 Å². The van der Waals surface area contributed by atoms with Crippen molar-refractivity contribution in [3.8, 4) is 0 Å². The molecular formula is C13H26FN. The van der Waals surface area contributed by atoms with Crippen LogP contribution in [0.1, 0.15) is 58.8 Å². The molecule has 0 spiro atoms. The molecule has 1 saturated carbocycles. The first kappa shape index (κ1) is 13.0. The van der Waals surface area contributed by atoms with Crippen molar-refractivity contribution in [3.63, 3.8) is 0 Å². The van der Waals surface area contributed by atoms with E-state index in [0.717, 1.165) is 25.2 Å². The zero-order chi connectivity index (χ0) is 11.3. The Hall–Kier alpha value is -0.110. The lowest BCUT2D eigenvalue weighted by atomic mass is 9.71. The molecule has 0 aliphatic heterocycles. The predicted molar refractivity (Wildman–Crippen MR) is 63.5 cm³/mol. The molecule has 2 heteroatoms. The van der Waals surface area contributed by atoms with Crippen molar-refractivity contribution < 1.29 is 4.39 Å². The van der Waals surface area contributed by atoms with Crippen LogP contribution in [0.2, 0.25) is 0 Å². The van der Waals surface area contributed by atoms with Gasteiger partial charge in [-0.25, -0.2) is 4.39 Å². The number of rotatable bonds is 5. The van der Waals surface area contributed by atoms with Gasteiger partial charge in [0.15, 0.2) is 0 Å². The summed E-state index contributed by atoms with van der Waals surface area (Å²) in [6.07, 6.45) is 7.33. The van der Waals surface area contributed by atoms with Gasteiger partial charge in [0, 0.05) is 6.54 Å². The summed E-state index contributed by atoms with van der Waals surface area (Å²) in [6, 6.07) is 0. The number of halogens is 1. The lowest BCUT2D eigenvalue weighted by Crippen LogP contribution is -2.42. The van der Waals surface area contributed by atoms with E-state index in [9.17, 15) is 4.39 Å². The van der Waals surface area contributed by atoms with Crippen LogP contribution in [0.25, 0.3) is 0 Å². The summed E-state index contributed by atoms with van der Waals surface area (Å²) in [7, 11) is 0. The molecule has 0 amide bonds. The fourth-order valence-corrected chi connectivity index (χ4v) is 3.02. The van der Waals surface area contributed by atoms with Crippen LogP contribution >= 0.6 is 0 Å². The van der Waals surface area contributed by atoms with Crippen molar-refractivity contribution in [3.05, 3.63) is 0 Å². The summed E-state index contributed by atoms with van der Waals surface area (Å²) in [6.45, 7) is 4.47. The Bertz CT molecular complexity index is 183. The van der Waals surface area contributed by atoms with Gasteiger partial charge in [-0.15, -0.1) is 0 Å². The van der Waals surface area contributed by atoms with Crippen molar-refractivity contribution in [2.75, 3.05) is 6.54 Å². The molecule has 0 heterocycles. The van der Waals surface area contributed by atoms with Crippen LogP contribution in [0, 0.1) is 11.8 Å². The summed E-state index contributed by atoms with van der Waals surface area (Å²) in [5, 5.41) is 0. The van der Waals surface area contributed by atoms with Crippen LogP contribution in [0.4, 0.5) is 4.39 Å². The van der Waals surface area contributed by atoms with E-state index in [4.69, 9.17) is 5.73 Å². The predicted octanol–water partition coefficient (Wildman–Crippen LogP) is 3.67. The van der Waals surface area contributed by atoms with E-state index in [-0.39, 0.29) is 12.5 Å². The van der Waals surface area contributed by atoms with Crippen molar-refractivity contribution >= 4 is 0 Å². The highest BCUT2D eigenvalue weighted by Crippen LogP contribution is 2.40. The van der Waals surface area contributed by atoms with Crippen molar-refractivity contribution in [1.82, 2.24) is 0 Å². The topological polar surface area (TPSA) is 26.0 Å². The van der Waals surface area contributed by atoms with Gasteiger partial charge in [0.25, 0.3) is 0 Å². The van der Waals surface area contributed by atoms with Gasteiger partial charge >= 0.3 is 0 Å². The molecule has 0 aromatic heterocycles. The first-order valence-electron chi connectivity index (χ1n) is 6.55. The maximum absolute atomic E-state index is 14.6. The molecule has 3 atom stereocenters. The molecule has 0 saturated heterocycles. The first-order chi connectivity index (χ1) is 7.16. The van der Waals surface area contributed by atoms with Crippen LogP contribution in [-0.2, 0) is 0 Å². The molecule has 2 N–H and O–H groups in total. The highest BCUT2D eigenvalue weighted by atomic mass is 19.1. The lowest BCUT2D eigenvalue weighted by molar-refractivity contribution is 0.0388. The highest BCUT2D eigenvalue weighted by molar-refractivity contribution is 4.91. The Labute approximate surface area is 93.6 Å². The summed E-state index contributed by atoms with van der Waals surface area (Å²) >= 11 is 0. The number of nitrogens with two attached hydrogens (primary N) is 1. The Morgan fingerprint density at radius 1 is 1.33 bits per heavy atom. The fraction of sp³-hybridized carbons (Fsp3) is 1.00. The maximum Gasteiger partial charge on any atom is 0.126 e. The SMILES string of the molecule is CCCC(F)(CN)C1CCCC(CC)C1. The minimum Gasteiger partial charge on any atom is -0.328 e. The number of hydrogen-bond donors (Lipinski definition) is 1. The Kier molecular flexibility index (Phi) is 5.04. The molecular weight excluding hydrogens is 189 g/mol. The molecule has 3 unspecified atom stereocenters. The first-order valence-corrected chi connectivity index (χ1v) is 6.55. The second-order valence-corrected chi connectivity index (χ2v) is 5.13. The third kappa shape index (κ3) is 3.17. The Morgan fingerprint density at radius 3 is 2.60 bits per heavy atom. The lowest BCUT2D eigenvalue weighted by Gasteiger charge is -2.38. The van der Waals surface area contributed by atoms with Gasteiger partial charge < -0.3 is 5.73 Å². The van der Waals surface area contributed by atoms with Crippen molar-refractivity contribution in [2.45, 2.75) is 64.5 Å².